The van der Waals surface area contributed by atoms with Crippen molar-refractivity contribution in [3.8, 4) is 0 Å². The summed E-state index contributed by atoms with van der Waals surface area (Å²) in [5, 5.41) is 0.117. The van der Waals surface area contributed by atoms with Gasteiger partial charge in [0.2, 0.25) is 5.09 Å². The Kier molecular flexibility index (Phi) is 3.98. The van der Waals surface area contributed by atoms with Crippen molar-refractivity contribution in [2.24, 2.45) is 0 Å². The van der Waals surface area contributed by atoms with Gasteiger partial charge in [0.25, 0.3) is 10.0 Å². The van der Waals surface area contributed by atoms with Crippen molar-refractivity contribution < 1.29 is 17.0 Å². The van der Waals surface area contributed by atoms with Gasteiger partial charge in [-0.3, -0.25) is 8.93 Å². The molecule has 19 heavy (non-hydrogen) atoms. The van der Waals surface area contributed by atoms with Crippen LogP contribution in [-0.4, -0.2) is 18.9 Å². The molecular weight excluding hydrogens is 310 g/mol. The maximum absolute atomic E-state index is 12.0. The van der Waals surface area contributed by atoms with Crippen LogP contribution < -0.4 is 4.72 Å². The fraction of sp³-hybridized carbons (Fsp3) is 0.0909. The summed E-state index contributed by atoms with van der Waals surface area (Å²) in [5.74, 6) is 0. The Morgan fingerprint density at radius 1 is 1.32 bits per heavy atom. The molecule has 0 saturated carbocycles. The molecule has 0 amide bonds. The van der Waals surface area contributed by atoms with Crippen LogP contribution >= 0.6 is 11.6 Å². The number of hydrogen-bond donors (Lipinski definition) is 1. The zero-order valence-electron chi connectivity index (χ0n) is 9.79. The van der Waals surface area contributed by atoms with Gasteiger partial charge in [-0.1, -0.05) is 11.6 Å². The van der Waals surface area contributed by atoms with E-state index in [0.717, 1.165) is 0 Å². The van der Waals surface area contributed by atoms with Crippen molar-refractivity contribution in [2.75, 3.05) is 11.0 Å². The Morgan fingerprint density at radius 2 is 2.05 bits per heavy atom. The number of anilines is 1. The molecule has 5 nitrogen and oxygen atoms in total. The van der Waals surface area contributed by atoms with E-state index in [4.69, 9.17) is 16.0 Å². The predicted octanol–water partition coefficient (Wildman–Crippen LogP) is 2.47. The highest BCUT2D eigenvalue weighted by atomic mass is 35.5. The normalized spacial score (nSPS) is 13.2. The van der Waals surface area contributed by atoms with E-state index in [9.17, 15) is 12.6 Å². The van der Waals surface area contributed by atoms with Gasteiger partial charge in [-0.05, 0) is 30.3 Å². The van der Waals surface area contributed by atoms with Crippen molar-refractivity contribution in [3.05, 3.63) is 41.6 Å². The first kappa shape index (κ1) is 14.1. The second kappa shape index (κ2) is 5.36. The molecule has 0 aliphatic carbocycles. The second-order valence-corrected chi connectivity index (χ2v) is 7.03. The molecule has 1 N–H and O–H groups in total. The summed E-state index contributed by atoms with van der Waals surface area (Å²) in [5.41, 5.74) is 0.171. The Balaban J connectivity index is 2.44. The topological polar surface area (TPSA) is 76.4 Å². The molecule has 2 rings (SSSR count). The summed E-state index contributed by atoms with van der Waals surface area (Å²) in [6.45, 7) is 0. The van der Waals surface area contributed by atoms with Gasteiger partial charge < -0.3 is 4.42 Å². The molecule has 1 heterocycles. The van der Waals surface area contributed by atoms with Crippen molar-refractivity contribution in [1.29, 1.82) is 0 Å². The van der Waals surface area contributed by atoms with Gasteiger partial charge in [0.1, 0.15) is 0 Å². The maximum atomic E-state index is 12.0. The van der Waals surface area contributed by atoms with Crippen molar-refractivity contribution in [1.82, 2.24) is 0 Å². The van der Waals surface area contributed by atoms with Crippen LogP contribution in [-0.2, 0) is 20.8 Å². The SMILES string of the molecule is CS(=O)c1ccc(Cl)cc1NS(=O)(=O)c1ccco1. The Labute approximate surface area is 118 Å². The van der Waals surface area contributed by atoms with Crippen LogP contribution in [0.5, 0.6) is 0 Å². The van der Waals surface area contributed by atoms with Crippen molar-refractivity contribution in [3.63, 3.8) is 0 Å². The average molecular weight is 320 g/mol. The minimum Gasteiger partial charge on any atom is -0.451 e. The van der Waals surface area contributed by atoms with E-state index in [0.29, 0.717) is 9.92 Å². The highest BCUT2D eigenvalue weighted by Gasteiger charge is 2.19. The summed E-state index contributed by atoms with van der Waals surface area (Å²) in [6.07, 6.45) is 2.71. The van der Waals surface area contributed by atoms with Crippen LogP contribution in [0.2, 0.25) is 5.02 Å². The van der Waals surface area contributed by atoms with E-state index in [1.807, 2.05) is 0 Å². The quantitative estimate of drug-likeness (QED) is 0.939. The summed E-state index contributed by atoms with van der Waals surface area (Å²) in [7, 11) is -5.20. The third kappa shape index (κ3) is 3.17. The Hall–Kier alpha value is -1.31. The fourth-order valence-electron chi connectivity index (χ4n) is 1.44. The molecule has 0 aliphatic heterocycles. The number of furan rings is 1. The number of hydrogen-bond acceptors (Lipinski definition) is 4. The van der Waals surface area contributed by atoms with Crippen LogP contribution in [0.4, 0.5) is 5.69 Å². The van der Waals surface area contributed by atoms with Crippen molar-refractivity contribution in [2.45, 2.75) is 9.99 Å². The Morgan fingerprint density at radius 3 is 2.63 bits per heavy atom. The van der Waals surface area contributed by atoms with Crippen LogP contribution in [0, 0.1) is 0 Å². The van der Waals surface area contributed by atoms with E-state index in [1.54, 1.807) is 6.07 Å². The number of nitrogens with one attached hydrogen (secondary N) is 1. The van der Waals surface area contributed by atoms with E-state index < -0.39 is 20.8 Å². The lowest BCUT2D eigenvalue weighted by Crippen LogP contribution is -2.13. The summed E-state index contributed by atoms with van der Waals surface area (Å²) in [4.78, 5) is 0.347. The van der Waals surface area contributed by atoms with E-state index in [-0.39, 0.29) is 10.8 Å². The first-order chi connectivity index (χ1) is 8.90. The van der Waals surface area contributed by atoms with Crippen LogP contribution in [0.25, 0.3) is 0 Å². The number of halogens is 1. The van der Waals surface area contributed by atoms with Gasteiger partial charge in [0.05, 0.1) is 27.6 Å². The molecule has 1 aromatic carbocycles. The van der Waals surface area contributed by atoms with Gasteiger partial charge in [0.15, 0.2) is 0 Å². The molecule has 8 heteroatoms. The molecule has 1 atom stereocenters. The molecule has 0 fully saturated rings. The zero-order chi connectivity index (χ0) is 14.0. The molecule has 1 unspecified atom stereocenters. The first-order valence-corrected chi connectivity index (χ1v) is 8.51. The monoisotopic (exact) mass is 319 g/mol. The summed E-state index contributed by atoms with van der Waals surface area (Å²) < 4.78 is 42.7. The molecule has 0 saturated heterocycles. The van der Waals surface area contributed by atoms with Crippen LogP contribution in [0.15, 0.2) is 51.0 Å². The van der Waals surface area contributed by atoms with E-state index >= 15 is 0 Å². The van der Waals surface area contributed by atoms with E-state index in [2.05, 4.69) is 4.72 Å². The third-order valence-electron chi connectivity index (χ3n) is 2.26. The summed E-state index contributed by atoms with van der Waals surface area (Å²) in [6, 6.07) is 7.24. The van der Waals surface area contributed by atoms with Gasteiger partial charge in [-0.25, -0.2) is 0 Å². The molecule has 0 bridgehead atoms. The highest BCUT2D eigenvalue weighted by molar-refractivity contribution is 7.92. The van der Waals surface area contributed by atoms with Gasteiger partial charge in [-0.15, -0.1) is 0 Å². The molecule has 0 spiro atoms. The lowest BCUT2D eigenvalue weighted by molar-refractivity contribution is 0.452. The molecule has 2 aromatic rings. The lowest BCUT2D eigenvalue weighted by atomic mass is 10.3. The van der Waals surface area contributed by atoms with Crippen molar-refractivity contribution >= 4 is 38.1 Å². The highest BCUT2D eigenvalue weighted by Crippen LogP contribution is 2.26. The zero-order valence-corrected chi connectivity index (χ0v) is 12.2. The van der Waals surface area contributed by atoms with E-state index in [1.165, 1.54) is 36.8 Å². The average Bonchev–Trinajstić information content (AvgIpc) is 2.81. The third-order valence-corrected chi connectivity index (χ3v) is 4.72. The number of benzene rings is 1. The smallest absolute Gasteiger partial charge is 0.295 e. The molecular formula is C11H10ClNO4S2. The van der Waals surface area contributed by atoms with Gasteiger partial charge in [0, 0.05) is 11.3 Å². The van der Waals surface area contributed by atoms with Gasteiger partial charge >= 0.3 is 0 Å². The van der Waals surface area contributed by atoms with Crippen LogP contribution in [0.1, 0.15) is 0 Å². The first-order valence-electron chi connectivity index (χ1n) is 5.09. The Bertz CT molecular complexity index is 710. The molecule has 0 radical (unpaired) electrons. The van der Waals surface area contributed by atoms with Gasteiger partial charge in [-0.2, -0.15) is 8.42 Å². The standard InChI is InChI=1S/C11H10ClNO4S2/c1-18(14)10-5-4-8(12)7-9(10)13-19(15,16)11-3-2-6-17-11/h2-7,13H,1H3. The summed E-state index contributed by atoms with van der Waals surface area (Å²) >= 11 is 5.82. The maximum Gasteiger partial charge on any atom is 0.295 e. The van der Waals surface area contributed by atoms with Crippen LogP contribution in [0.3, 0.4) is 0 Å². The number of rotatable bonds is 4. The molecule has 0 aliphatic rings. The molecule has 1 aromatic heterocycles. The largest absolute Gasteiger partial charge is 0.451 e. The lowest BCUT2D eigenvalue weighted by Gasteiger charge is -2.10. The second-order valence-electron chi connectivity index (χ2n) is 3.63. The molecule has 102 valence electrons. The predicted molar refractivity (Wildman–Crippen MR) is 73.3 cm³/mol. The number of sulfonamides is 1. The minimum atomic E-state index is -3.85. The fourth-order valence-corrected chi connectivity index (χ4v) is 3.36. The minimum absolute atomic E-state index is 0.171.